The molecule has 0 radical (unpaired) electrons. The van der Waals surface area contributed by atoms with E-state index in [4.69, 9.17) is 5.73 Å². The predicted molar refractivity (Wildman–Crippen MR) is 86.7 cm³/mol. The van der Waals surface area contributed by atoms with E-state index in [1.54, 1.807) is 0 Å². The standard InChI is InChI=1S/C14H20BrN3S/c1-10(19-13-7-3-11(15)4-8-13)9-17-14(16)18(2)12-5-6-12/h3-4,7-8,10,12H,5-6,9H2,1-2H3,(H2,16,17). The molecule has 1 aromatic rings. The Kier molecular flexibility index (Phi) is 5.16. The Balaban J connectivity index is 1.81. The van der Waals surface area contributed by atoms with E-state index < -0.39 is 0 Å². The van der Waals surface area contributed by atoms with Crippen LogP contribution in [0.4, 0.5) is 0 Å². The Labute approximate surface area is 127 Å². The SMILES string of the molecule is CC(CN=C(N)N(C)C1CC1)Sc1ccc(Br)cc1. The summed E-state index contributed by atoms with van der Waals surface area (Å²) in [5.41, 5.74) is 5.98. The Hall–Kier alpha value is -0.680. The van der Waals surface area contributed by atoms with Crippen molar-refractivity contribution in [3.05, 3.63) is 28.7 Å². The largest absolute Gasteiger partial charge is 0.370 e. The van der Waals surface area contributed by atoms with Crippen molar-refractivity contribution in [2.24, 2.45) is 10.7 Å². The summed E-state index contributed by atoms with van der Waals surface area (Å²) in [6.45, 7) is 2.93. The highest BCUT2D eigenvalue weighted by molar-refractivity contribution is 9.10. The van der Waals surface area contributed by atoms with Gasteiger partial charge in [-0.3, -0.25) is 4.99 Å². The second-order valence-electron chi connectivity index (χ2n) is 4.92. The minimum absolute atomic E-state index is 0.423. The maximum atomic E-state index is 5.98. The average Bonchev–Trinajstić information content (AvgIpc) is 3.22. The lowest BCUT2D eigenvalue weighted by Crippen LogP contribution is -2.36. The lowest BCUT2D eigenvalue weighted by molar-refractivity contribution is 0.487. The topological polar surface area (TPSA) is 41.6 Å². The first-order valence-electron chi connectivity index (χ1n) is 6.51. The summed E-state index contributed by atoms with van der Waals surface area (Å²) in [7, 11) is 2.03. The summed E-state index contributed by atoms with van der Waals surface area (Å²) < 4.78 is 1.11. The molecule has 19 heavy (non-hydrogen) atoms. The minimum Gasteiger partial charge on any atom is -0.370 e. The van der Waals surface area contributed by atoms with Gasteiger partial charge in [0.1, 0.15) is 0 Å². The smallest absolute Gasteiger partial charge is 0.191 e. The van der Waals surface area contributed by atoms with Gasteiger partial charge in [0, 0.05) is 27.7 Å². The molecule has 2 rings (SSSR count). The zero-order valence-electron chi connectivity index (χ0n) is 11.3. The summed E-state index contributed by atoms with van der Waals surface area (Å²) in [5.74, 6) is 0.672. The van der Waals surface area contributed by atoms with Crippen LogP contribution in [-0.2, 0) is 0 Å². The highest BCUT2D eigenvalue weighted by Gasteiger charge is 2.27. The van der Waals surface area contributed by atoms with Crippen LogP contribution >= 0.6 is 27.7 Å². The van der Waals surface area contributed by atoms with Crippen LogP contribution in [0.2, 0.25) is 0 Å². The van der Waals surface area contributed by atoms with Crippen molar-refractivity contribution in [2.45, 2.75) is 36.0 Å². The second kappa shape index (κ2) is 6.66. The minimum atomic E-state index is 0.423. The fourth-order valence-corrected chi connectivity index (χ4v) is 2.94. The fourth-order valence-electron chi connectivity index (χ4n) is 1.77. The van der Waals surface area contributed by atoms with Crippen LogP contribution in [0.15, 0.2) is 38.6 Å². The van der Waals surface area contributed by atoms with Crippen LogP contribution in [0, 0.1) is 0 Å². The molecule has 0 bridgehead atoms. The van der Waals surface area contributed by atoms with Gasteiger partial charge in [0.25, 0.3) is 0 Å². The number of aliphatic imine (C=N–C) groups is 1. The molecule has 1 aliphatic rings. The molecule has 0 aliphatic heterocycles. The molecule has 1 atom stereocenters. The molecular weight excluding hydrogens is 322 g/mol. The van der Waals surface area contributed by atoms with Gasteiger partial charge < -0.3 is 10.6 Å². The molecule has 0 saturated heterocycles. The molecule has 0 spiro atoms. The van der Waals surface area contributed by atoms with Gasteiger partial charge >= 0.3 is 0 Å². The van der Waals surface area contributed by atoms with Crippen LogP contribution in [0.3, 0.4) is 0 Å². The van der Waals surface area contributed by atoms with Crippen molar-refractivity contribution in [1.29, 1.82) is 0 Å². The van der Waals surface area contributed by atoms with Crippen molar-refractivity contribution in [2.75, 3.05) is 13.6 Å². The molecule has 1 unspecified atom stereocenters. The first kappa shape index (κ1) is 14.7. The Morgan fingerprint density at radius 1 is 1.47 bits per heavy atom. The van der Waals surface area contributed by atoms with Crippen LogP contribution in [-0.4, -0.2) is 35.7 Å². The van der Waals surface area contributed by atoms with Gasteiger partial charge in [-0.1, -0.05) is 22.9 Å². The third-order valence-corrected chi connectivity index (χ3v) is 4.74. The van der Waals surface area contributed by atoms with Crippen molar-refractivity contribution >= 4 is 33.7 Å². The third-order valence-electron chi connectivity index (χ3n) is 3.12. The number of halogens is 1. The first-order chi connectivity index (χ1) is 9.06. The molecule has 104 valence electrons. The number of hydrogen-bond donors (Lipinski definition) is 1. The number of guanidine groups is 1. The van der Waals surface area contributed by atoms with Gasteiger partial charge in [-0.15, -0.1) is 11.8 Å². The molecule has 2 N–H and O–H groups in total. The average molecular weight is 342 g/mol. The molecule has 1 fully saturated rings. The third kappa shape index (κ3) is 4.73. The summed E-state index contributed by atoms with van der Waals surface area (Å²) in [5, 5.41) is 0.423. The van der Waals surface area contributed by atoms with E-state index in [2.05, 4.69) is 57.0 Å². The fraction of sp³-hybridized carbons (Fsp3) is 0.500. The summed E-state index contributed by atoms with van der Waals surface area (Å²) >= 11 is 5.27. The van der Waals surface area contributed by atoms with Crippen molar-refractivity contribution in [3.8, 4) is 0 Å². The van der Waals surface area contributed by atoms with Crippen LogP contribution < -0.4 is 5.73 Å². The molecule has 0 heterocycles. The van der Waals surface area contributed by atoms with E-state index in [-0.39, 0.29) is 0 Å². The maximum Gasteiger partial charge on any atom is 0.191 e. The van der Waals surface area contributed by atoms with Crippen molar-refractivity contribution < 1.29 is 0 Å². The zero-order chi connectivity index (χ0) is 13.8. The van der Waals surface area contributed by atoms with E-state index in [9.17, 15) is 0 Å². The van der Waals surface area contributed by atoms with Crippen LogP contribution in [0.1, 0.15) is 19.8 Å². The number of nitrogens with two attached hydrogens (primary N) is 1. The van der Waals surface area contributed by atoms with Crippen LogP contribution in [0.25, 0.3) is 0 Å². The second-order valence-corrected chi connectivity index (χ2v) is 7.35. The Bertz CT molecular complexity index is 443. The lowest BCUT2D eigenvalue weighted by Gasteiger charge is -2.17. The molecule has 0 aromatic heterocycles. The number of nitrogens with zero attached hydrogens (tertiary/aromatic N) is 2. The highest BCUT2D eigenvalue weighted by atomic mass is 79.9. The van der Waals surface area contributed by atoms with Gasteiger partial charge in [0.15, 0.2) is 5.96 Å². The van der Waals surface area contributed by atoms with E-state index in [0.29, 0.717) is 17.3 Å². The number of hydrogen-bond acceptors (Lipinski definition) is 2. The first-order valence-corrected chi connectivity index (χ1v) is 8.18. The predicted octanol–water partition coefficient (Wildman–Crippen LogP) is 3.34. The van der Waals surface area contributed by atoms with Crippen LogP contribution in [0.5, 0.6) is 0 Å². The number of rotatable bonds is 5. The van der Waals surface area contributed by atoms with Crippen molar-refractivity contribution in [3.63, 3.8) is 0 Å². The number of thioether (sulfide) groups is 1. The summed E-state index contributed by atoms with van der Waals surface area (Å²) in [6.07, 6.45) is 2.49. The summed E-state index contributed by atoms with van der Waals surface area (Å²) in [4.78, 5) is 7.85. The van der Waals surface area contributed by atoms with E-state index in [1.807, 2.05) is 18.8 Å². The van der Waals surface area contributed by atoms with E-state index in [1.165, 1.54) is 17.7 Å². The zero-order valence-corrected chi connectivity index (χ0v) is 13.7. The lowest BCUT2D eigenvalue weighted by atomic mass is 10.4. The van der Waals surface area contributed by atoms with Gasteiger partial charge in [0.05, 0.1) is 6.54 Å². The molecular formula is C14H20BrN3S. The normalized spacial score (nSPS) is 17.3. The van der Waals surface area contributed by atoms with Crippen molar-refractivity contribution in [1.82, 2.24) is 4.90 Å². The Morgan fingerprint density at radius 2 is 2.11 bits per heavy atom. The Morgan fingerprint density at radius 3 is 2.68 bits per heavy atom. The molecule has 1 saturated carbocycles. The molecule has 0 amide bonds. The van der Waals surface area contributed by atoms with Gasteiger partial charge in [-0.05, 0) is 37.1 Å². The van der Waals surface area contributed by atoms with Gasteiger partial charge in [-0.25, -0.2) is 0 Å². The van der Waals surface area contributed by atoms with E-state index in [0.717, 1.165) is 11.0 Å². The number of benzene rings is 1. The maximum absolute atomic E-state index is 5.98. The van der Waals surface area contributed by atoms with E-state index >= 15 is 0 Å². The quantitative estimate of drug-likeness (QED) is 0.507. The monoisotopic (exact) mass is 341 g/mol. The highest BCUT2D eigenvalue weighted by Crippen LogP contribution is 2.26. The van der Waals surface area contributed by atoms with Gasteiger partial charge in [0.2, 0.25) is 0 Å². The molecule has 5 heteroatoms. The van der Waals surface area contributed by atoms with Gasteiger partial charge in [-0.2, -0.15) is 0 Å². The molecule has 1 aromatic carbocycles. The molecule has 3 nitrogen and oxygen atoms in total. The summed E-state index contributed by atoms with van der Waals surface area (Å²) in [6, 6.07) is 8.99. The molecule has 1 aliphatic carbocycles.